The third kappa shape index (κ3) is 3.50. The molecular formula is C22H16ClFN2O2S. The van der Waals surface area contributed by atoms with Gasteiger partial charge in [-0.25, -0.2) is 9.18 Å². The summed E-state index contributed by atoms with van der Waals surface area (Å²) >= 11 is 7.46. The average molecular weight is 427 g/mol. The summed E-state index contributed by atoms with van der Waals surface area (Å²) in [4.78, 5) is 16.7. The molecule has 146 valence electrons. The Morgan fingerprint density at radius 3 is 2.69 bits per heavy atom. The van der Waals surface area contributed by atoms with Crippen molar-refractivity contribution >= 4 is 40.2 Å². The van der Waals surface area contributed by atoms with Crippen LogP contribution < -0.4 is 0 Å². The number of halogens is 2. The molecule has 0 unspecified atom stereocenters. The van der Waals surface area contributed by atoms with Crippen molar-refractivity contribution in [1.29, 1.82) is 0 Å². The molecule has 2 aromatic carbocycles. The summed E-state index contributed by atoms with van der Waals surface area (Å²) in [6.07, 6.45) is 3.54. The van der Waals surface area contributed by atoms with Crippen LogP contribution in [0.4, 0.5) is 4.39 Å². The van der Waals surface area contributed by atoms with Crippen LogP contribution in [0.1, 0.15) is 21.6 Å². The molecule has 1 N–H and O–H groups in total. The smallest absolute Gasteiger partial charge is 0.338 e. The number of carbonyl (C=O) groups is 1. The van der Waals surface area contributed by atoms with Crippen molar-refractivity contribution in [3.8, 4) is 5.69 Å². The molecule has 0 spiro atoms. The molecule has 4 nitrogen and oxygen atoms in total. The number of rotatable bonds is 4. The van der Waals surface area contributed by atoms with Crippen LogP contribution >= 0.6 is 23.4 Å². The van der Waals surface area contributed by atoms with E-state index in [0.29, 0.717) is 5.02 Å². The molecule has 0 aliphatic carbocycles. The highest BCUT2D eigenvalue weighted by atomic mass is 35.5. The minimum atomic E-state index is -1.29. The second-order valence-corrected chi connectivity index (χ2v) is 8.15. The summed E-state index contributed by atoms with van der Waals surface area (Å²) in [7, 11) is 0. The molecule has 4 aromatic rings. The standard InChI is InChI=1S/C22H16ClFN2O2S/c1-12-8-15(11-25-10-12)26-13(2)21(16-7-6-14(23)9-18(16)26)29-19-5-3-4-17(20(19)24)22(27)28/h3-11H,1-2H3,(H,27,28). The molecule has 0 fully saturated rings. The predicted molar refractivity (Wildman–Crippen MR) is 113 cm³/mol. The molecule has 0 atom stereocenters. The van der Waals surface area contributed by atoms with E-state index >= 15 is 0 Å². The number of hydrogen-bond acceptors (Lipinski definition) is 3. The first kappa shape index (κ1) is 19.5. The Labute approximate surface area is 176 Å². The van der Waals surface area contributed by atoms with Crippen LogP contribution in [-0.2, 0) is 0 Å². The van der Waals surface area contributed by atoms with Crippen molar-refractivity contribution < 1.29 is 14.3 Å². The number of carboxylic acids is 1. The maximum Gasteiger partial charge on any atom is 0.338 e. The molecule has 0 bridgehead atoms. The van der Waals surface area contributed by atoms with Gasteiger partial charge in [0, 0.05) is 32.1 Å². The lowest BCUT2D eigenvalue weighted by molar-refractivity contribution is 0.0691. The minimum absolute atomic E-state index is 0.254. The SMILES string of the molecule is Cc1cncc(-n2c(C)c(Sc3cccc(C(=O)O)c3F)c3ccc(Cl)cc32)c1. The van der Waals surface area contributed by atoms with Gasteiger partial charge in [0.25, 0.3) is 0 Å². The van der Waals surface area contributed by atoms with E-state index in [2.05, 4.69) is 4.98 Å². The number of aryl methyl sites for hydroxylation is 1. The Kier molecular flexibility index (Phi) is 5.06. The summed E-state index contributed by atoms with van der Waals surface area (Å²) in [5.74, 6) is -2.03. The van der Waals surface area contributed by atoms with Crippen molar-refractivity contribution in [2.75, 3.05) is 0 Å². The normalized spacial score (nSPS) is 11.2. The molecule has 2 heterocycles. The first-order valence-electron chi connectivity index (χ1n) is 8.79. The van der Waals surface area contributed by atoms with Gasteiger partial charge >= 0.3 is 5.97 Å². The predicted octanol–water partition coefficient (Wildman–Crippen LogP) is 6.28. The van der Waals surface area contributed by atoms with Gasteiger partial charge in [0.1, 0.15) is 0 Å². The van der Waals surface area contributed by atoms with Gasteiger partial charge in [-0.05, 0) is 49.7 Å². The first-order valence-corrected chi connectivity index (χ1v) is 9.98. The zero-order chi connectivity index (χ0) is 20.7. The van der Waals surface area contributed by atoms with Crippen molar-refractivity contribution in [3.63, 3.8) is 0 Å². The number of nitrogens with zero attached hydrogens (tertiary/aromatic N) is 2. The summed E-state index contributed by atoms with van der Waals surface area (Å²) in [6, 6.07) is 11.9. The molecule has 7 heteroatoms. The summed E-state index contributed by atoms with van der Waals surface area (Å²) in [5, 5.41) is 10.7. The fourth-order valence-electron chi connectivity index (χ4n) is 3.35. The highest BCUT2D eigenvalue weighted by Gasteiger charge is 2.20. The topological polar surface area (TPSA) is 55.1 Å². The monoisotopic (exact) mass is 426 g/mol. The lowest BCUT2D eigenvalue weighted by Gasteiger charge is -2.10. The van der Waals surface area contributed by atoms with E-state index in [4.69, 9.17) is 11.6 Å². The van der Waals surface area contributed by atoms with Gasteiger partial charge in [0.2, 0.25) is 0 Å². The molecule has 0 radical (unpaired) electrons. The highest BCUT2D eigenvalue weighted by molar-refractivity contribution is 7.99. The number of pyridine rings is 1. The second kappa shape index (κ2) is 7.54. The zero-order valence-electron chi connectivity index (χ0n) is 15.6. The van der Waals surface area contributed by atoms with Crippen LogP contribution in [0, 0.1) is 19.7 Å². The highest BCUT2D eigenvalue weighted by Crippen LogP contribution is 2.41. The van der Waals surface area contributed by atoms with Gasteiger partial charge in [-0.15, -0.1) is 0 Å². The first-order chi connectivity index (χ1) is 13.9. The van der Waals surface area contributed by atoms with E-state index in [0.717, 1.165) is 32.7 Å². The zero-order valence-corrected chi connectivity index (χ0v) is 17.2. The van der Waals surface area contributed by atoms with Crippen LogP contribution in [-0.4, -0.2) is 20.6 Å². The fourth-order valence-corrected chi connectivity index (χ4v) is 4.60. The second-order valence-electron chi connectivity index (χ2n) is 6.66. The maximum absolute atomic E-state index is 14.7. The number of benzene rings is 2. The molecule has 2 aromatic heterocycles. The summed E-state index contributed by atoms with van der Waals surface area (Å²) < 4.78 is 16.8. The van der Waals surface area contributed by atoms with Gasteiger partial charge in [-0.3, -0.25) is 4.98 Å². The summed E-state index contributed by atoms with van der Waals surface area (Å²) in [5.41, 5.74) is 3.31. The number of aromatic carboxylic acids is 1. The van der Waals surface area contributed by atoms with Gasteiger partial charge in [-0.1, -0.05) is 35.5 Å². The molecule has 0 aliphatic rings. The molecule has 0 aliphatic heterocycles. The number of hydrogen-bond donors (Lipinski definition) is 1. The Morgan fingerprint density at radius 1 is 1.17 bits per heavy atom. The van der Waals surface area contributed by atoms with Gasteiger partial charge in [0.05, 0.1) is 23.0 Å². The molecule has 0 saturated heterocycles. The average Bonchev–Trinajstić information content (AvgIpc) is 2.94. The van der Waals surface area contributed by atoms with Crippen molar-refractivity contribution in [3.05, 3.63) is 82.5 Å². The third-order valence-corrected chi connectivity index (χ3v) is 6.12. The van der Waals surface area contributed by atoms with E-state index in [1.54, 1.807) is 30.6 Å². The Bertz CT molecular complexity index is 1270. The van der Waals surface area contributed by atoms with Crippen LogP contribution in [0.2, 0.25) is 5.02 Å². The Balaban J connectivity index is 1.94. The van der Waals surface area contributed by atoms with Crippen molar-refractivity contribution in [2.45, 2.75) is 23.6 Å². The van der Waals surface area contributed by atoms with E-state index in [1.165, 1.54) is 17.8 Å². The van der Waals surface area contributed by atoms with E-state index < -0.39 is 11.8 Å². The molecule has 0 amide bonds. The number of aromatic nitrogens is 2. The van der Waals surface area contributed by atoms with Crippen LogP contribution in [0.25, 0.3) is 16.6 Å². The van der Waals surface area contributed by atoms with Crippen LogP contribution in [0.5, 0.6) is 0 Å². The number of fused-ring (bicyclic) bond motifs is 1. The van der Waals surface area contributed by atoms with Crippen LogP contribution in [0.15, 0.2) is 64.6 Å². The number of carboxylic acid groups (broad SMARTS) is 1. The van der Waals surface area contributed by atoms with E-state index in [1.807, 2.05) is 36.6 Å². The maximum atomic E-state index is 14.7. The Morgan fingerprint density at radius 2 is 1.97 bits per heavy atom. The molecule has 29 heavy (non-hydrogen) atoms. The van der Waals surface area contributed by atoms with Gasteiger partial charge in [-0.2, -0.15) is 0 Å². The summed E-state index contributed by atoms with van der Waals surface area (Å²) in [6.45, 7) is 3.91. The molecule has 0 saturated carbocycles. The van der Waals surface area contributed by atoms with E-state index in [9.17, 15) is 14.3 Å². The quantitative estimate of drug-likeness (QED) is 0.417. The molecular weight excluding hydrogens is 411 g/mol. The lowest BCUT2D eigenvalue weighted by atomic mass is 10.2. The largest absolute Gasteiger partial charge is 0.478 e. The van der Waals surface area contributed by atoms with Crippen LogP contribution in [0.3, 0.4) is 0 Å². The van der Waals surface area contributed by atoms with Gasteiger partial charge < -0.3 is 9.67 Å². The van der Waals surface area contributed by atoms with Gasteiger partial charge in [0.15, 0.2) is 5.82 Å². The Hall–Kier alpha value is -2.83. The lowest BCUT2D eigenvalue weighted by Crippen LogP contribution is -2.01. The minimum Gasteiger partial charge on any atom is -0.478 e. The van der Waals surface area contributed by atoms with Crippen molar-refractivity contribution in [2.24, 2.45) is 0 Å². The fraction of sp³-hybridized carbons (Fsp3) is 0.0909. The third-order valence-electron chi connectivity index (χ3n) is 4.63. The van der Waals surface area contributed by atoms with Crippen molar-refractivity contribution in [1.82, 2.24) is 9.55 Å². The van der Waals surface area contributed by atoms with E-state index in [-0.39, 0.29) is 10.5 Å². The molecule has 4 rings (SSSR count).